The van der Waals surface area contributed by atoms with Crippen LogP contribution in [-0.4, -0.2) is 74.3 Å². The molecule has 0 aliphatic carbocycles. The number of H-pyrrole nitrogens is 2. The molecule has 0 atom stereocenters. The lowest BCUT2D eigenvalue weighted by Crippen LogP contribution is -2.37. The fourth-order valence-corrected chi connectivity index (χ4v) is 5.10. The number of aromatic hydroxyl groups is 1. The Morgan fingerprint density at radius 2 is 1.91 bits per heavy atom. The minimum Gasteiger partial charge on any atom is -0.508 e. The Morgan fingerprint density at radius 3 is 2.68 bits per heavy atom. The number of piperidine rings is 1. The van der Waals surface area contributed by atoms with Crippen molar-refractivity contribution in [1.82, 2.24) is 29.8 Å². The van der Waals surface area contributed by atoms with Gasteiger partial charge in [0.25, 0.3) is 0 Å². The molecule has 4 aromatic rings. The van der Waals surface area contributed by atoms with E-state index in [0.29, 0.717) is 25.0 Å². The lowest BCUT2D eigenvalue weighted by atomic mass is 9.90. The smallest absolute Gasteiger partial charge is 0.162 e. The monoisotopic (exact) mass is 459 g/mol. The van der Waals surface area contributed by atoms with Crippen LogP contribution >= 0.6 is 0 Å². The highest BCUT2D eigenvalue weighted by Crippen LogP contribution is 2.36. The predicted molar refractivity (Wildman–Crippen MR) is 130 cm³/mol. The van der Waals surface area contributed by atoms with E-state index in [9.17, 15) is 5.11 Å². The van der Waals surface area contributed by atoms with Crippen molar-refractivity contribution in [2.75, 3.05) is 44.3 Å². The van der Waals surface area contributed by atoms with E-state index >= 15 is 0 Å². The standard InChI is InChI=1S/C25H29N7O2/c33-19-3-1-2-18(14-19)24-29-22-20(15-28-23(22)25(30-24)32-10-12-34-13-11-32)17-4-8-31(9-5-17)16-21-26-6-7-27-21/h1-3,6-7,14-15,17,28,33H,4-5,8-13,16H2,(H,26,27). The summed E-state index contributed by atoms with van der Waals surface area (Å²) in [6.07, 6.45) is 7.97. The number of phenols is 1. The number of phenolic OH excluding ortho intramolecular Hbond substituents is 1. The number of aromatic amines is 2. The van der Waals surface area contributed by atoms with Crippen molar-refractivity contribution in [3.8, 4) is 17.1 Å². The van der Waals surface area contributed by atoms with E-state index in [-0.39, 0.29) is 5.75 Å². The summed E-state index contributed by atoms with van der Waals surface area (Å²) in [5.74, 6) is 3.22. The Morgan fingerprint density at radius 1 is 1.06 bits per heavy atom. The van der Waals surface area contributed by atoms with Gasteiger partial charge in [0.1, 0.15) is 17.1 Å². The van der Waals surface area contributed by atoms with Gasteiger partial charge in [-0.15, -0.1) is 0 Å². The lowest BCUT2D eigenvalue weighted by Gasteiger charge is -2.31. The van der Waals surface area contributed by atoms with E-state index < -0.39 is 0 Å². The number of rotatable bonds is 5. The maximum absolute atomic E-state index is 10.0. The van der Waals surface area contributed by atoms with E-state index in [1.165, 1.54) is 5.56 Å². The minimum atomic E-state index is 0.215. The number of aromatic nitrogens is 5. The Labute approximate surface area is 197 Å². The van der Waals surface area contributed by atoms with Crippen LogP contribution in [0, 0.1) is 0 Å². The summed E-state index contributed by atoms with van der Waals surface area (Å²) < 4.78 is 5.57. The van der Waals surface area contributed by atoms with E-state index in [4.69, 9.17) is 14.7 Å². The molecule has 0 radical (unpaired) electrons. The molecule has 2 saturated heterocycles. The Hall–Kier alpha value is -3.43. The molecular weight excluding hydrogens is 430 g/mol. The molecule has 0 amide bonds. The second-order valence-corrected chi connectivity index (χ2v) is 9.07. The molecule has 0 saturated carbocycles. The van der Waals surface area contributed by atoms with Crippen molar-refractivity contribution in [2.24, 2.45) is 0 Å². The summed E-state index contributed by atoms with van der Waals surface area (Å²) in [6, 6.07) is 7.18. The number of hydrogen-bond donors (Lipinski definition) is 3. The van der Waals surface area contributed by atoms with Gasteiger partial charge in [-0.05, 0) is 49.5 Å². The Bertz CT molecular complexity index is 1260. The van der Waals surface area contributed by atoms with Crippen LogP contribution in [0.5, 0.6) is 5.75 Å². The second-order valence-electron chi connectivity index (χ2n) is 9.07. The van der Waals surface area contributed by atoms with E-state index in [2.05, 4.69) is 30.9 Å². The summed E-state index contributed by atoms with van der Waals surface area (Å²) in [4.78, 5) is 25.8. The van der Waals surface area contributed by atoms with Gasteiger partial charge in [0.05, 0.1) is 25.3 Å². The van der Waals surface area contributed by atoms with Gasteiger partial charge in [-0.2, -0.15) is 0 Å². The third-order valence-corrected chi connectivity index (χ3v) is 6.91. The lowest BCUT2D eigenvalue weighted by molar-refractivity contribution is 0.122. The van der Waals surface area contributed by atoms with E-state index in [0.717, 1.165) is 73.8 Å². The number of imidazole rings is 1. The molecule has 0 spiro atoms. The molecule has 5 heterocycles. The number of nitrogens with zero attached hydrogens (tertiary/aromatic N) is 5. The van der Waals surface area contributed by atoms with E-state index in [1.54, 1.807) is 12.1 Å². The molecule has 176 valence electrons. The molecule has 0 unspecified atom stereocenters. The van der Waals surface area contributed by atoms with Crippen LogP contribution in [0.25, 0.3) is 22.4 Å². The maximum atomic E-state index is 10.0. The molecule has 2 aliphatic rings. The topological polar surface area (TPSA) is 106 Å². The van der Waals surface area contributed by atoms with Crippen molar-refractivity contribution < 1.29 is 9.84 Å². The first-order valence-electron chi connectivity index (χ1n) is 12.0. The van der Waals surface area contributed by atoms with Gasteiger partial charge < -0.3 is 24.7 Å². The molecule has 6 rings (SSSR count). The quantitative estimate of drug-likeness (QED) is 0.421. The first-order valence-corrected chi connectivity index (χ1v) is 12.0. The largest absolute Gasteiger partial charge is 0.508 e. The van der Waals surface area contributed by atoms with E-state index in [1.807, 2.05) is 24.5 Å². The van der Waals surface area contributed by atoms with Crippen LogP contribution in [0.3, 0.4) is 0 Å². The van der Waals surface area contributed by atoms with Crippen molar-refractivity contribution in [2.45, 2.75) is 25.3 Å². The summed E-state index contributed by atoms with van der Waals surface area (Å²) in [5.41, 5.74) is 4.04. The molecule has 3 aromatic heterocycles. The Balaban J connectivity index is 1.33. The van der Waals surface area contributed by atoms with Crippen LogP contribution in [0.2, 0.25) is 0 Å². The zero-order valence-corrected chi connectivity index (χ0v) is 19.1. The third-order valence-electron chi connectivity index (χ3n) is 6.91. The molecular formula is C25H29N7O2. The normalized spacial score (nSPS) is 18.1. The number of benzene rings is 1. The number of ether oxygens (including phenoxy) is 1. The average molecular weight is 460 g/mol. The van der Waals surface area contributed by atoms with Crippen LogP contribution in [-0.2, 0) is 11.3 Å². The number of likely N-dealkylation sites (tertiary alicyclic amines) is 1. The molecule has 3 N–H and O–H groups in total. The first kappa shape index (κ1) is 21.1. The molecule has 34 heavy (non-hydrogen) atoms. The zero-order chi connectivity index (χ0) is 22.9. The van der Waals surface area contributed by atoms with Gasteiger partial charge in [-0.3, -0.25) is 4.90 Å². The van der Waals surface area contributed by atoms with Crippen LogP contribution in [0.1, 0.15) is 30.1 Å². The summed E-state index contributed by atoms with van der Waals surface area (Å²) >= 11 is 0. The number of morpholine rings is 1. The molecule has 0 bridgehead atoms. The van der Waals surface area contributed by atoms with Crippen molar-refractivity contribution >= 4 is 16.9 Å². The van der Waals surface area contributed by atoms with Crippen molar-refractivity contribution in [3.63, 3.8) is 0 Å². The summed E-state index contributed by atoms with van der Waals surface area (Å²) in [7, 11) is 0. The average Bonchev–Trinajstić information content (AvgIpc) is 3.55. The van der Waals surface area contributed by atoms with Gasteiger partial charge in [-0.25, -0.2) is 15.0 Å². The fraction of sp³-hybridized carbons (Fsp3) is 0.400. The Kier molecular flexibility index (Phi) is 5.64. The number of hydrogen-bond acceptors (Lipinski definition) is 7. The van der Waals surface area contributed by atoms with Crippen LogP contribution in [0.15, 0.2) is 42.9 Å². The number of fused-ring (bicyclic) bond motifs is 1. The van der Waals surface area contributed by atoms with Crippen LogP contribution in [0.4, 0.5) is 5.82 Å². The third kappa shape index (κ3) is 4.12. The van der Waals surface area contributed by atoms with Crippen LogP contribution < -0.4 is 4.90 Å². The van der Waals surface area contributed by atoms with Crippen molar-refractivity contribution in [1.29, 1.82) is 0 Å². The van der Waals surface area contributed by atoms with Gasteiger partial charge >= 0.3 is 0 Å². The van der Waals surface area contributed by atoms with Crippen molar-refractivity contribution in [3.05, 3.63) is 54.2 Å². The number of nitrogens with one attached hydrogen (secondary N) is 2. The molecule has 1 aromatic carbocycles. The first-order chi connectivity index (χ1) is 16.7. The van der Waals surface area contributed by atoms with Gasteiger partial charge in [-0.1, -0.05) is 12.1 Å². The molecule has 2 aliphatic heterocycles. The summed E-state index contributed by atoms with van der Waals surface area (Å²) in [5, 5.41) is 10.0. The molecule has 9 nitrogen and oxygen atoms in total. The highest BCUT2D eigenvalue weighted by Gasteiger charge is 2.27. The van der Waals surface area contributed by atoms with Gasteiger partial charge in [0.15, 0.2) is 11.6 Å². The minimum absolute atomic E-state index is 0.215. The highest BCUT2D eigenvalue weighted by molar-refractivity contribution is 5.91. The van der Waals surface area contributed by atoms with Gasteiger partial charge in [0.2, 0.25) is 0 Å². The summed E-state index contributed by atoms with van der Waals surface area (Å²) in [6.45, 7) is 5.88. The zero-order valence-electron chi connectivity index (χ0n) is 19.1. The number of anilines is 1. The van der Waals surface area contributed by atoms with Gasteiger partial charge in [0, 0.05) is 37.2 Å². The SMILES string of the molecule is Oc1cccc(-c2nc(N3CCOCC3)c3[nH]cc(C4CCN(Cc5ncc[nH]5)CC4)c3n2)c1. The molecule has 9 heteroatoms. The highest BCUT2D eigenvalue weighted by atomic mass is 16.5. The predicted octanol–water partition coefficient (Wildman–Crippen LogP) is 3.27. The maximum Gasteiger partial charge on any atom is 0.162 e. The fourth-order valence-electron chi connectivity index (χ4n) is 5.10. The second kappa shape index (κ2) is 9.08. The molecule has 2 fully saturated rings.